The number of rotatable bonds is 6. The van der Waals surface area contributed by atoms with Gasteiger partial charge in [-0.3, -0.25) is 9.67 Å². The molecule has 6 heteroatoms. The molecule has 20 heavy (non-hydrogen) atoms. The topological polar surface area (TPSA) is 77.2 Å². The predicted molar refractivity (Wildman–Crippen MR) is 72.8 cm³/mol. The van der Waals surface area contributed by atoms with E-state index in [1.807, 2.05) is 16.9 Å². The molecule has 0 fully saturated rings. The van der Waals surface area contributed by atoms with Crippen molar-refractivity contribution in [1.29, 1.82) is 0 Å². The third-order valence-electron chi connectivity index (χ3n) is 3.10. The minimum Gasteiger partial charge on any atom is -0.485 e. The number of aromatic carboxylic acids is 1. The Morgan fingerprint density at radius 1 is 1.50 bits per heavy atom. The van der Waals surface area contributed by atoms with Crippen LogP contribution in [0.15, 0.2) is 30.7 Å². The number of pyridine rings is 1. The fourth-order valence-corrected chi connectivity index (χ4v) is 1.71. The van der Waals surface area contributed by atoms with Gasteiger partial charge in [0.25, 0.3) is 0 Å². The van der Waals surface area contributed by atoms with Gasteiger partial charge in [-0.15, -0.1) is 0 Å². The quantitative estimate of drug-likeness (QED) is 0.876. The van der Waals surface area contributed by atoms with Crippen LogP contribution < -0.4 is 4.74 Å². The third kappa shape index (κ3) is 3.14. The Kier molecular flexibility index (Phi) is 4.34. The smallest absolute Gasteiger partial charge is 0.339 e. The van der Waals surface area contributed by atoms with E-state index >= 15 is 0 Å². The fourth-order valence-electron chi connectivity index (χ4n) is 1.71. The summed E-state index contributed by atoms with van der Waals surface area (Å²) in [6.45, 7) is 4.40. The number of nitrogens with zero attached hydrogens (tertiary/aromatic N) is 3. The number of hydrogen-bond acceptors (Lipinski definition) is 4. The molecule has 6 nitrogen and oxygen atoms in total. The summed E-state index contributed by atoms with van der Waals surface area (Å²) in [6.07, 6.45) is 5.71. The van der Waals surface area contributed by atoms with Gasteiger partial charge in [0.05, 0.1) is 11.9 Å². The Balaban J connectivity index is 2.06. The molecule has 1 N–H and O–H groups in total. The Morgan fingerprint density at radius 2 is 2.30 bits per heavy atom. The molecule has 1 atom stereocenters. The molecule has 0 saturated carbocycles. The van der Waals surface area contributed by atoms with Crippen LogP contribution in [0.3, 0.4) is 0 Å². The van der Waals surface area contributed by atoms with Gasteiger partial charge in [0, 0.05) is 18.4 Å². The lowest BCUT2D eigenvalue weighted by molar-refractivity contribution is 0.0691. The first-order valence-electron chi connectivity index (χ1n) is 6.46. The zero-order valence-corrected chi connectivity index (χ0v) is 11.5. The maximum atomic E-state index is 11.0. The van der Waals surface area contributed by atoms with E-state index in [0.717, 1.165) is 12.1 Å². The van der Waals surface area contributed by atoms with Gasteiger partial charge in [0.15, 0.2) is 5.75 Å². The molecule has 0 aliphatic heterocycles. The first kappa shape index (κ1) is 14.0. The van der Waals surface area contributed by atoms with Crippen molar-refractivity contribution in [3.8, 4) is 5.75 Å². The van der Waals surface area contributed by atoms with Crippen LogP contribution in [0.5, 0.6) is 5.75 Å². The molecule has 0 saturated heterocycles. The summed E-state index contributed by atoms with van der Waals surface area (Å²) in [5, 5.41) is 13.4. The Hall–Kier alpha value is -2.37. The molecule has 1 unspecified atom stereocenters. The van der Waals surface area contributed by atoms with Gasteiger partial charge >= 0.3 is 5.97 Å². The van der Waals surface area contributed by atoms with Crippen molar-refractivity contribution in [3.05, 3.63) is 42.0 Å². The molecule has 2 rings (SSSR count). The fraction of sp³-hybridized carbons (Fsp3) is 0.357. The maximum Gasteiger partial charge on any atom is 0.339 e. The van der Waals surface area contributed by atoms with Gasteiger partial charge in [0.1, 0.15) is 12.2 Å². The van der Waals surface area contributed by atoms with Crippen LogP contribution in [0.4, 0.5) is 0 Å². The molecule has 0 bridgehead atoms. The summed E-state index contributed by atoms with van der Waals surface area (Å²) in [4.78, 5) is 14.9. The van der Waals surface area contributed by atoms with Crippen molar-refractivity contribution in [2.24, 2.45) is 0 Å². The van der Waals surface area contributed by atoms with Gasteiger partial charge in [0.2, 0.25) is 0 Å². The summed E-state index contributed by atoms with van der Waals surface area (Å²) in [6, 6.07) is 3.61. The van der Waals surface area contributed by atoms with Crippen LogP contribution in [-0.2, 0) is 6.61 Å². The highest BCUT2D eigenvalue weighted by atomic mass is 16.5. The Morgan fingerprint density at radius 3 is 3.00 bits per heavy atom. The first-order valence-corrected chi connectivity index (χ1v) is 6.46. The molecule has 0 amide bonds. The second-order valence-corrected chi connectivity index (χ2v) is 4.51. The van der Waals surface area contributed by atoms with Crippen LogP contribution in [0.25, 0.3) is 0 Å². The van der Waals surface area contributed by atoms with Gasteiger partial charge in [-0.1, -0.05) is 6.92 Å². The van der Waals surface area contributed by atoms with E-state index in [9.17, 15) is 4.79 Å². The minimum absolute atomic E-state index is 0.0985. The van der Waals surface area contributed by atoms with E-state index in [-0.39, 0.29) is 17.9 Å². The third-order valence-corrected chi connectivity index (χ3v) is 3.10. The highest BCUT2D eigenvalue weighted by Crippen LogP contribution is 2.18. The van der Waals surface area contributed by atoms with Gasteiger partial charge in [-0.05, 0) is 25.5 Å². The largest absolute Gasteiger partial charge is 0.485 e. The van der Waals surface area contributed by atoms with Crippen LogP contribution in [0, 0.1) is 0 Å². The molecule has 2 heterocycles. The molecule has 0 radical (unpaired) electrons. The lowest BCUT2D eigenvalue weighted by Crippen LogP contribution is -2.07. The summed E-state index contributed by atoms with van der Waals surface area (Å²) < 4.78 is 7.37. The van der Waals surface area contributed by atoms with Crippen molar-refractivity contribution < 1.29 is 14.6 Å². The van der Waals surface area contributed by atoms with E-state index < -0.39 is 5.97 Å². The standard InChI is InChI=1S/C14H17N3O3/c1-3-10(2)17-7-5-11(16-17)9-20-13-8-15-6-4-12(13)14(18)19/h4-8,10H,3,9H2,1-2H3,(H,18,19). The number of carbonyl (C=O) groups is 1. The van der Waals surface area contributed by atoms with Crippen molar-refractivity contribution in [3.63, 3.8) is 0 Å². The molecule has 2 aromatic heterocycles. The van der Waals surface area contributed by atoms with Crippen molar-refractivity contribution in [2.45, 2.75) is 32.9 Å². The maximum absolute atomic E-state index is 11.0. The predicted octanol–water partition coefficient (Wildman–Crippen LogP) is 2.53. The Labute approximate surface area is 117 Å². The number of aromatic nitrogens is 3. The van der Waals surface area contributed by atoms with E-state index in [1.165, 1.54) is 18.5 Å². The normalized spacial score (nSPS) is 12.1. The highest BCUT2D eigenvalue weighted by molar-refractivity contribution is 5.90. The zero-order valence-electron chi connectivity index (χ0n) is 11.5. The van der Waals surface area contributed by atoms with Gasteiger partial charge < -0.3 is 9.84 Å². The van der Waals surface area contributed by atoms with Crippen LogP contribution >= 0.6 is 0 Å². The summed E-state index contributed by atoms with van der Waals surface area (Å²) in [5.74, 6) is -0.786. The van der Waals surface area contributed by atoms with Crippen LogP contribution in [-0.4, -0.2) is 25.8 Å². The summed E-state index contributed by atoms with van der Waals surface area (Å²) in [5.41, 5.74) is 0.854. The Bertz CT molecular complexity index is 595. The van der Waals surface area contributed by atoms with Crippen molar-refractivity contribution >= 4 is 5.97 Å². The van der Waals surface area contributed by atoms with E-state index in [0.29, 0.717) is 6.04 Å². The molecule has 0 aromatic carbocycles. The number of hydrogen-bond donors (Lipinski definition) is 1. The molecule has 0 aliphatic rings. The average molecular weight is 275 g/mol. The molecular weight excluding hydrogens is 258 g/mol. The summed E-state index contributed by atoms with van der Waals surface area (Å²) >= 11 is 0. The molecule has 106 valence electrons. The lowest BCUT2D eigenvalue weighted by atomic mass is 10.2. The number of ether oxygens (including phenoxy) is 1. The van der Waals surface area contributed by atoms with Gasteiger partial charge in [-0.2, -0.15) is 5.10 Å². The average Bonchev–Trinajstić information content (AvgIpc) is 2.93. The monoisotopic (exact) mass is 275 g/mol. The molecular formula is C14H17N3O3. The second-order valence-electron chi connectivity index (χ2n) is 4.51. The van der Waals surface area contributed by atoms with Crippen LogP contribution in [0.2, 0.25) is 0 Å². The van der Waals surface area contributed by atoms with Crippen molar-refractivity contribution in [2.75, 3.05) is 0 Å². The van der Waals surface area contributed by atoms with E-state index in [4.69, 9.17) is 9.84 Å². The number of carboxylic acid groups (broad SMARTS) is 1. The first-order chi connectivity index (χ1) is 9.61. The van der Waals surface area contributed by atoms with E-state index in [2.05, 4.69) is 23.9 Å². The number of carboxylic acids is 1. The zero-order chi connectivity index (χ0) is 14.5. The summed E-state index contributed by atoms with van der Waals surface area (Å²) in [7, 11) is 0. The van der Waals surface area contributed by atoms with E-state index in [1.54, 1.807) is 0 Å². The molecule has 0 spiro atoms. The molecule has 2 aromatic rings. The van der Waals surface area contributed by atoms with Crippen molar-refractivity contribution in [1.82, 2.24) is 14.8 Å². The molecule has 0 aliphatic carbocycles. The van der Waals surface area contributed by atoms with Gasteiger partial charge in [-0.25, -0.2) is 4.79 Å². The lowest BCUT2D eigenvalue weighted by Gasteiger charge is -2.09. The minimum atomic E-state index is -1.03. The SMILES string of the molecule is CCC(C)n1ccc(COc2cnccc2C(=O)O)n1. The highest BCUT2D eigenvalue weighted by Gasteiger charge is 2.12. The second kappa shape index (κ2) is 6.18. The van der Waals surface area contributed by atoms with Crippen LogP contribution in [0.1, 0.15) is 42.4 Å².